The first-order valence-electron chi connectivity index (χ1n) is 10.8. The number of Topliss-reactive ketones (excluding diaryl/α,β-unsaturated/α-hetero) is 1. The zero-order chi connectivity index (χ0) is 24.8. The van der Waals surface area contributed by atoms with Crippen LogP contribution in [-0.2, 0) is 14.3 Å². The number of rotatable bonds is 8. The number of nitrogens with zero attached hydrogens (tertiary/aromatic N) is 1. The minimum atomic E-state index is -1.15. The molecule has 0 aliphatic heterocycles. The SMILES string of the molecule is O=C(CCC(=O)O[C@@H](C(=O)c1ccccc1)c1ccc(Cl)cc1)Nc1ccc(Br)c2cccnc12. The zero-order valence-electron chi connectivity index (χ0n) is 18.4. The van der Waals surface area contributed by atoms with E-state index in [1.807, 2.05) is 18.2 Å². The second-order valence-electron chi connectivity index (χ2n) is 7.69. The summed E-state index contributed by atoms with van der Waals surface area (Å²) in [7, 11) is 0. The number of ether oxygens (including phenoxy) is 1. The van der Waals surface area contributed by atoms with Crippen LogP contribution in [0.4, 0.5) is 5.69 Å². The first kappa shape index (κ1) is 24.6. The third kappa shape index (κ3) is 6.12. The van der Waals surface area contributed by atoms with Crippen molar-refractivity contribution in [1.29, 1.82) is 0 Å². The maximum atomic E-state index is 13.1. The van der Waals surface area contributed by atoms with Gasteiger partial charge in [-0.1, -0.05) is 76.1 Å². The third-order valence-electron chi connectivity index (χ3n) is 5.27. The van der Waals surface area contributed by atoms with Crippen LogP contribution in [0.1, 0.15) is 34.9 Å². The molecule has 0 fully saturated rings. The van der Waals surface area contributed by atoms with Crippen LogP contribution in [0.5, 0.6) is 0 Å². The number of carbonyl (C=O) groups excluding carboxylic acids is 3. The fourth-order valence-corrected chi connectivity index (χ4v) is 4.10. The Morgan fingerprint density at radius 3 is 2.40 bits per heavy atom. The molecule has 1 amide bonds. The van der Waals surface area contributed by atoms with Crippen molar-refractivity contribution >= 4 is 61.8 Å². The van der Waals surface area contributed by atoms with E-state index < -0.39 is 12.1 Å². The molecule has 35 heavy (non-hydrogen) atoms. The molecule has 4 aromatic rings. The van der Waals surface area contributed by atoms with Crippen molar-refractivity contribution in [2.24, 2.45) is 0 Å². The molecule has 3 aromatic carbocycles. The van der Waals surface area contributed by atoms with Crippen LogP contribution in [0, 0.1) is 0 Å². The third-order valence-corrected chi connectivity index (χ3v) is 6.21. The van der Waals surface area contributed by atoms with E-state index in [9.17, 15) is 14.4 Å². The largest absolute Gasteiger partial charge is 0.449 e. The van der Waals surface area contributed by atoms with Gasteiger partial charge in [0.15, 0.2) is 6.10 Å². The molecule has 6 nitrogen and oxygen atoms in total. The van der Waals surface area contributed by atoms with Crippen molar-refractivity contribution in [3.63, 3.8) is 0 Å². The molecular weight excluding hydrogens is 532 g/mol. The Hall–Kier alpha value is -3.55. The van der Waals surface area contributed by atoms with Crippen LogP contribution in [0.3, 0.4) is 0 Å². The molecule has 0 bridgehead atoms. The summed E-state index contributed by atoms with van der Waals surface area (Å²) in [5, 5.41) is 4.15. The number of nitrogens with one attached hydrogen (secondary N) is 1. The standard InChI is InChI=1S/C27H20BrClN2O4/c28-21-12-13-22(25-20(21)7-4-16-30-25)31-23(32)14-15-24(33)35-27(18-8-10-19(29)11-9-18)26(34)17-5-2-1-3-6-17/h1-13,16,27H,14-15H2,(H,31,32)/t27-/m1/s1. The summed E-state index contributed by atoms with van der Waals surface area (Å²) in [6, 6.07) is 22.4. The number of benzene rings is 3. The van der Waals surface area contributed by atoms with Gasteiger partial charge in [-0.3, -0.25) is 19.4 Å². The van der Waals surface area contributed by atoms with Gasteiger partial charge in [0.05, 0.1) is 17.6 Å². The summed E-state index contributed by atoms with van der Waals surface area (Å²) < 4.78 is 6.41. The van der Waals surface area contributed by atoms with E-state index in [-0.39, 0.29) is 24.5 Å². The lowest BCUT2D eigenvalue weighted by Crippen LogP contribution is -2.21. The highest BCUT2D eigenvalue weighted by Crippen LogP contribution is 2.29. The number of pyridine rings is 1. The smallest absolute Gasteiger partial charge is 0.307 e. The first-order chi connectivity index (χ1) is 16.9. The monoisotopic (exact) mass is 550 g/mol. The highest BCUT2D eigenvalue weighted by molar-refractivity contribution is 9.10. The lowest BCUT2D eigenvalue weighted by atomic mass is 10.00. The van der Waals surface area contributed by atoms with Gasteiger partial charge >= 0.3 is 5.97 Å². The summed E-state index contributed by atoms with van der Waals surface area (Å²) >= 11 is 9.44. The number of hydrogen-bond donors (Lipinski definition) is 1. The highest BCUT2D eigenvalue weighted by atomic mass is 79.9. The van der Waals surface area contributed by atoms with Gasteiger partial charge in [0.2, 0.25) is 11.7 Å². The van der Waals surface area contributed by atoms with Crippen molar-refractivity contribution in [3.05, 3.63) is 106 Å². The lowest BCUT2D eigenvalue weighted by Gasteiger charge is -2.18. The Labute approximate surface area is 215 Å². The van der Waals surface area contributed by atoms with Gasteiger partial charge in [-0.05, 0) is 30.3 Å². The number of halogens is 2. The number of esters is 1. The Morgan fingerprint density at radius 2 is 1.66 bits per heavy atom. The summed E-state index contributed by atoms with van der Waals surface area (Å²) in [5.41, 5.74) is 2.08. The van der Waals surface area contributed by atoms with Crippen LogP contribution in [0.2, 0.25) is 5.02 Å². The topological polar surface area (TPSA) is 85.4 Å². The van der Waals surface area contributed by atoms with Crippen LogP contribution < -0.4 is 5.32 Å². The molecule has 176 valence electrons. The number of carbonyl (C=O) groups is 3. The van der Waals surface area contributed by atoms with E-state index in [1.165, 1.54) is 0 Å². The van der Waals surface area contributed by atoms with Gasteiger partial charge in [-0.15, -0.1) is 0 Å². The number of aromatic nitrogens is 1. The van der Waals surface area contributed by atoms with Gasteiger partial charge in [-0.25, -0.2) is 0 Å². The molecule has 0 radical (unpaired) electrons. The molecule has 8 heteroatoms. The predicted molar refractivity (Wildman–Crippen MR) is 138 cm³/mol. The molecule has 0 saturated carbocycles. The Balaban J connectivity index is 1.43. The van der Waals surface area contributed by atoms with Crippen molar-refractivity contribution in [3.8, 4) is 0 Å². The minimum Gasteiger partial charge on any atom is -0.449 e. The molecule has 1 N–H and O–H groups in total. The molecule has 0 unspecified atom stereocenters. The second-order valence-corrected chi connectivity index (χ2v) is 8.99. The number of ketones is 1. The van der Waals surface area contributed by atoms with E-state index in [0.717, 1.165) is 9.86 Å². The Kier molecular flexibility index (Phi) is 7.90. The van der Waals surface area contributed by atoms with Gasteiger partial charge in [0.25, 0.3) is 0 Å². The number of fused-ring (bicyclic) bond motifs is 1. The van der Waals surface area contributed by atoms with Gasteiger partial charge < -0.3 is 10.1 Å². The van der Waals surface area contributed by atoms with E-state index in [2.05, 4.69) is 26.2 Å². The minimum absolute atomic E-state index is 0.115. The van der Waals surface area contributed by atoms with Crippen LogP contribution >= 0.6 is 27.5 Å². The van der Waals surface area contributed by atoms with Gasteiger partial charge in [-0.2, -0.15) is 0 Å². The van der Waals surface area contributed by atoms with Crippen molar-refractivity contribution in [2.45, 2.75) is 18.9 Å². The molecule has 1 heterocycles. The number of amides is 1. The summed E-state index contributed by atoms with van der Waals surface area (Å²) in [6.07, 6.45) is 0.183. The fourth-order valence-electron chi connectivity index (χ4n) is 3.52. The molecular formula is C27H20BrClN2O4. The number of anilines is 1. The molecule has 0 aliphatic carbocycles. The van der Waals surface area contributed by atoms with Crippen LogP contribution in [0.15, 0.2) is 89.5 Å². The zero-order valence-corrected chi connectivity index (χ0v) is 20.8. The van der Waals surface area contributed by atoms with Crippen molar-refractivity contribution < 1.29 is 19.1 Å². The summed E-state index contributed by atoms with van der Waals surface area (Å²) in [4.78, 5) is 42.6. The normalized spacial score (nSPS) is 11.6. The number of hydrogen-bond acceptors (Lipinski definition) is 5. The molecule has 4 rings (SSSR count). The first-order valence-corrected chi connectivity index (χ1v) is 12.0. The highest BCUT2D eigenvalue weighted by Gasteiger charge is 2.26. The van der Waals surface area contributed by atoms with Gasteiger partial charge in [0, 0.05) is 38.6 Å². The molecule has 0 saturated heterocycles. The average molecular weight is 552 g/mol. The van der Waals surface area contributed by atoms with Crippen molar-refractivity contribution in [2.75, 3.05) is 5.32 Å². The van der Waals surface area contributed by atoms with E-state index in [1.54, 1.807) is 66.9 Å². The lowest BCUT2D eigenvalue weighted by molar-refractivity contribution is -0.148. The van der Waals surface area contributed by atoms with Crippen LogP contribution in [-0.4, -0.2) is 22.6 Å². The molecule has 1 atom stereocenters. The fraction of sp³-hybridized carbons (Fsp3) is 0.111. The van der Waals surface area contributed by atoms with Crippen LogP contribution in [0.25, 0.3) is 10.9 Å². The van der Waals surface area contributed by atoms with Gasteiger partial charge in [0.1, 0.15) is 0 Å². The van der Waals surface area contributed by atoms with E-state index in [0.29, 0.717) is 27.4 Å². The van der Waals surface area contributed by atoms with E-state index in [4.69, 9.17) is 16.3 Å². The molecule has 0 aliphatic rings. The summed E-state index contributed by atoms with van der Waals surface area (Å²) in [6.45, 7) is 0. The molecule has 0 spiro atoms. The Morgan fingerprint density at radius 1 is 0.914 bits per heavy atom. The second kappa shape index (κ2) is 11.3. The quantitative estimate of drug-likeness (QED) is 0.199. The molecule has 1 aromatic heterocycles. The van der Waals surface area contributed by atoms with E-state index >= 15 is 0 Å². The maximum absolute atomic E-state index is 13.1. The Bertz CT molecular complexity index is 1380. The predicted octanol–water partition coefficient (Wildman–Crippen LogP) is 6.54. The average Bonchev–Trinajstić information content (AvgIpc) is 2.88. The van der Waals surface area contributed by atoms with Crippen molar-refractivity contribution in [1.82, 2.24) is 4.98 Å². The summed E-state index contributed by atoms with van der Waals surface area (Å²) in [5.74, 6) is -1.39. The maximum Gasteiger partial charge on any atom is 0.307 e.